The molecule has 1 unspecified atom stereocenters. The normalized spacial score (nSPS) is 20.7. The standard InChI is InChI=1S/C15H22N4/c1-11(2)9-14-17-13-5-4-7-16-15(13)19(14)12-6-8-18(3)10-12/h4-5,7,11-12H,6,8-10H2,1-3H3. The molecule has 3 heterocycles. The molecule has 2 aromatic rings. The fraction of sp³-hybridized carbons (Fsp3) is 0.600. The number of hydrogen-bond acceptors (Lipinski definition) is 3. The Balaban J connectivity index is 2.07. The third-order valence-corrected chi connectivity index (χ3v) is 3.84. The quantitative estimate of drug-likeness (QED) is 0.848. The van der Waals surface area contributed by atoms with Crippen molar-refractivity contribution in [2.45, 2.75) is 32.7 Å². The van der Waals surface area contributed by atoms with Crippen LogP contribution in [0.25, 0.3) is 11.2 Å². The van der Waals surface area contributed by atoms with Crippen LogP contribution in [0.3, 0.4) is 0 Å². The van der Waals surface area contributed by atoms with E-state index in [-0.39, 0.29) is 0 Å². The molecule has 1 saturated heterocycles. The van der Waals surface area contributed by atoms with E-state index >= 15 is 0 Å². The van der Waals surface area contributed by atoms with Gasteiger partial charge in [-0.25, -0.2) is 9.97 Å². The fourth-order valence-corrected chi connectivity index (χ4v) is 2.99. The highest BCUT2D eigenvalue weighted by atomic mass is 15.2. The first-order chi connectivity index (χ1) is 9.15. The summed E-state index contributed by atoms with van der Waals surface area (Å²) in [5, 5.41) is 0. The van der Waals surface area contributed by atoms with E-state index in [9.17, 15) is 0 Å². The smallest absolute Gasteiger partial charge is 0.160 e. The van der Waals surface area contributed by atoms with Gasteiger partial charge in [-0.05, 0) is 38.1 Å². The van der Waals surface area contributed by atoms with Gasteiger partial charge in [-0.2, -0.15) is 0 Å². The van der Waals surface area contributed by atoms with Crippen molar-refractivity contribution >= 4 is 11.2 Å². The van der Waals surface area contributed by atoms with Gasteiger partial charge in [-0.1, -0.05) is 13.8 Å². The first-order valence-corrected chi connectivity index (χ1v) is 7.15. The zero-order chi connectivity index (χ0) is 13.4. The Morgan fingerprint density at radius 3 is 2.95 bits per heavy atom. The molecule has 0 N–H and O–H groups in total. The van der Waals surface area contributed by atoms with E-state index in [1.807, 2.05) is 12.3 Å². The van der Waals surface area contributed by atoms with Gasteiger partial charge in [0.15, 0.2) is 5.65 Å². The minimum absolute atomic E-state index is 0.527. The number of aromatic nitrogens is 3. The number of pyridine rings is 1. The van der Waals surface area contributed by atoms with Gasteiger partial charge in [0.05, 0.1) is 6.04 Å². The molecule has 0 spiro atoms. The maximum atomic E-state index is 4.80. The number of likely N-dealkylation sites (tertiary alicyclic amines) is 1. The van der Waals surface area contributed by atoms with E-state index in [0.717, 1.165) is 30.7 Å². The van der Waals surface area contributed by atoms with Crippen LogP contribution in [-0.4, -0.2) is 39.6 Å². The minimum Gasteiger partial charge on any atom is -0.308 e. The Morgan fingerprint density at radius 1 is 1.42 bits per heavy atom. The number of nitrogens with zero attached hydrogens (tertiary/aromatic N) is 4. The number of rotatable bonds is 3. The first-order valence-electron chi connectivity index (χ1n) is 7.15. The van der Waals surface area contributed by atoms with Crippen molar-refractivity contribution in [3.8, 4) is 0 Å². The molecule has 4 nitrogen and oxygen atoms in total. The van der Waals surface area contributed by atoms with Crippen molar-refractivity contribution in [2.75, 3.05) is 20.1 Å². The lowest BCUT2D eigenvalue weighted by atomic mass is 10.1. The molecule has 1 atom stereocenters. The zero-order valence-electron chi connectivity index (χ0n) is 12.0. The third-order valence-electron chi connectivity index (χ3n) is 3.84. The topological polar surface area (TPSA) is 34.0 Å². The van der Waals surface area contributed by atoms with Gasteiger partial charge in [0.2, 0.25) is 0 Å². The van der Waals surface area contributed by atoms with Crippen molar-refractivity contribution in [3.63, 3.8) is 0 Å². The predicted molar refractivity (Wildman–Crippen MR) is 77.2 cm³/mol. The molecule has 0 amide bonds. The summed E-state index contributed by atoms with van der Waals surface area (Å²) >= 11 is 0. The lowest BCUT2D eigenvalue weighted by molar-refractivity contribution is 0.390. The van der Waals surface area contributed by atoms with Gasteiger partial charge in [0.25, 0.3) is 0 Å². The third kappa shape index (κ3) is 2.37. The summed E-state index contributed by atoms with van der Waals surface area (Å²) in [6.07, 6.45) is 4.10. The number of likely N-dealkylation sites (N-methyl/N-ethyl adjacent to an activating group) is 1. The summed E-state index contributed by atoms with van der Waals surface area (Å²) in [7, 11) is 2.19. The van der Waals surface area contributed by atoms with Gasteiger partial charge >= 0.3 is 0 Å². The van der Waals surface area contributed by atoms with Gasteiger partial charge in [0.1, 0.15) is 11.3 Å². The fourth-order valence-electron chi connectivity index (χ4n) is 2.99. The Kier molecular flexibility index (Phi) is 3.27. The molecule has 1 fully saturated rings. The Morgan fingerprint density at radius 2 is 2.26 bits per heavy atom. The van der Waals surface area contributed by atoms with Crippen LogP contribution < -0.4 is 0 Å². The van der Waals surface area contributed by atoms with Crippen LogP contribution in [0.5, 0.6) is 0 Å². The zero-order valence-corrected chi connectivity index (χ0v) is 12.0. The molecule has 0 saturated carbocycles. The minimum atomic E-state index is 0.527. The van der Waals surface area contributed by atoms with Gasteiger partial charge < -0.3 is 9.47 Å². The van der Waals surface area contributed by atoms with Gasteiger partial charge in [0, 0.05) is 19.2 Å². The molecular weight excluding hydrogens is 236 g/mol. The van der Waals surface area contributed by atoms with Crippen LogP contribution in [0, 0.1) is 5.92 Å². The summed E-state index contributed by atoms with van der Waals surface area (Å²) in [5.74, 6) is 1.82. The molecule has 0 radical (unpaired) electrons. The second-order valence-electron chi connectivity index (χ2n) is 6.05. The van der Waals surface area contributed by atoms with Gasteiger partial charge in [-0.15, -0.1) is 0 Å². The lowest BCUT2D eigenvalue weighted by Gasteiger charge is -2.17. The second-order valence-corrected chi connectivity index (χ2v) is 6.05. The van der Waals surface area contributed by atoms with E-state index < -0.39 is 0 Å². The van der Waals surface area contributed by atoms with Crippen molar-refractivity contribution in [1.82, 2.24) is 19.4 Å². The second kappa shape index (κ2) is 4.93. The average Bonchev–Trinajstić information content (AvgIpc) is 2.91. The summed E-state index contributed by atoms with van der Waals surface area (Å²) < 4.78 is 2.39. The maximum absolute atomic E-state index is 4.80. The van der Waals surface area contributed by atoms with E-state index in [1.165, 1.54) is 12.2 Å². The van der Waals surface area contributed by atoms with Crippen LogP contribution in [-0.2, 0) is 6.42 Å². The van der Waals surface area contributed by atoms with Crippen molar-refractivity contribution in [2.24, 2.45) is 5.92 Å². The summed E-state index contributed by atoms with van der Waals surface area (Å²) in [6, 6.07) is 4.57. The van der Waals surface area contributed by atoms with Crippen molar-refractivity contribution in [3.05, 3.63) is 24.2 Å². The van der Waals surface area contributed by atoms with Crippen LogP contribution in [0.1, 0.15) is 32.1 Å². The van der Waals surface area contributed by atoms with Crippen LogP contribution in [0.2, 0.25) is 0 Å². The molecule has 0 aliphatic carbocycles. The molecule has 4 heteroatoms. The molecular formula is C15H22N4. The van der Waals surface area contributed by atoms with Crippen LogP contribution >= 0.6 is 0 Å². The molecule has 102 valence electrons. The monoisotopic (exact) mass is 258 g/mol. The summed E-state index contributed by atoms with van der Waals surface area (Å²) in [6.45, 7) is 6.77. The molecule has 2 aromatic heterocycles. The highest BCUT2D eigenvalue weighted by Crippen LogP contribution is 2.27. The van der Waals surface area contributed by atoms with E-state index in [1.54, 1.807) is 0 Å². The largest absolute Gasteiger partial charge is 0.308 e. The number of imidazole rings is 1. The van der Waals surface area contributed by atoms with Crippen LogP contribution in [0.4, 0.5) is 0 Å². The molecule has 0 bridgehead atoms. The van der Waals surface area contributed by atoms with E-state index in [4.69, 9.17) is 4.98 Å². The molecule has 1 aliphatic rings. The summed E-state index contributed by atoms with van der Waals surface area (Å²) in [4.78, 5) is 11.8. The predicted octanol–water partition coefficient (Wildman–Crippen LogP) is 2.51. The number of fused-ring (bicyclic) bond motifs is 1. The Hall–Kier alpha value is -1.42. The lowest BCUT2D eigenvalue weighted by Crippen LogP contribution is -2.18. The highest BCUT2D eigenvalue weighted by Gasteiger charge is 2.25. The SMILES string of the molecule is CC(C)Cc1nc2cccnc2n1C1CCN(C)C1. The van der Waals surface area contributed by atoms with Crippen molar-refractivity contribution < 1.29 is 0 Å². The Bertz CT molecular complexity index is 573. The maximum Gasteiger partial charge on any atom is 0.160 e. The first kappa shape index (κ1) is 12.6. The average molecular weight is 258 g/mol. The molecule has 3 rings (SSSR count). The molecule has 0 aromatic carbocycles. The molecule has 1 aliphatic heterocycles. The number of hydrogen-bond donors (Lipinski definition) is 0. The van der Waals surface area contributed by atoms with Gasteiger partial charge in [-0.3, -0.25) is 0 Å². The van der Waals surface area contributed by atoms with Crippen molar-refractivity contribution in [1.29, 1.82) is 0 Å². The highest BCUT2D eigenvalue weighted by molar-refractivity contribution is 5.71. The Labute approximate surface area is 114 Å². The van der Waals surface area contributed by atoms with Crippen LogP contribution in [0.15, 0.2) is 18.3 Å². The summed E-state index contributed by atoms with van der Waals surface area (Å²) in [5.41, 5.74) is 2.09. The molecule has 19 heavy (non-hydrogen) atoms. The van der Waals surface area contributed by atoms with E-state index in [0.29, 0.717) is 12.0 Å². The van der Waals surface area contributed by atoms with E-state index in [2.05, 4.69) is 41.4 Å².